The van der Waals surface area contributed by atoms with E-state index in [4.69, 9.17) is 20.8 Å². The van der Waals surface area contributed by atoms with Crippen molar-refractivity contribution in [2.45, 2.75) is 19.9 Å². The maximum Gasteiger partial charge on any atom is 0.360 e. The molecular formula is C12H13ClN2O3S. The van der Waals surface area contributed by atoms with Gasteiger partial charge in [0.25, 0.3) is 6.01 Å². The second kappa shape index (κ2) is 6.08. The number of oxazole rings is 1. The van der Waals surface area contributed by atoms with E-state index >= 15 is 0 Å². The number of halogens is 1. The Hall–Kier alpha value is -1.53. The lowest BCUT2D eigenvalue weighted by Crippen LogP contribution is -2.07. The average molecular weight is 301 g/mol. The number of ether oxygens (including phenoxy) is 1. The summed E-state index contributed by atoms with van der Waals surface area (Å²) in [5.74, 6) is -0.494. The first-order chi connectivity index (χ1) is 9.10. The summed E-state index contributed by atoms with van der Waals surface area (Å²) in [5.41, 5.74) is 0.153. The quantitative estimate of drug-likeness (QED) is 0.852. The molecule has 2 aromatic heterocycles. The van der Waals surface area contributed by atoms with Crippen LogP contribution in [0.4, 0.5) is 6.01 Å². The first-order valence-corrected chi connectivity index (χ1v) is 6.94. The summed E-state index contributed by atoms with van der Waals surface area (Å²) in [7, 11) is 0. The number of carbonyl (C=O) groups excluding carboxylic acids is 1. The molecule has 0 aromatic carbocycles. The van der Waals surface area contributed by atoms with Gasteiger partial charge >= 0.3 is 5.97 Å². The highest BCUT2D eigenvalue weighted by atomic mass is 35.5. The summed E-state index contributed by atoms with van der Waals surface area (Å²) in [6.45, 7) is 3.99. The summed E-state index contributed by atoms with van der Waals surface area (Å²) >= 11 is 7.36. The van der Waals surface area contributed by atoms with Gasteiger partial charge in [-0.05, 0) is 26.0 Å². The molecule has 0 saturated carbocycles. The van der Waals surface area contributed by atoms with E-state index in [1.807, 2.05) is 19.1 Å². The van der Waals surface area contributed by atoms with Crippen LogP contribution in [0.5, 0.6) is 0 Å². The van der Waals surface area contributed by atoms with Crippen molar-refractivity contribution in [2.75, 3.05) is 11.9 Å². The molecule has 0 bridgehead atoms. The average Bonchev–Trinajstić information content (AvgIpc) is 2.98. The molecule has 1 N–H and O–H groups in total. The van der Waals surface area contributed by atoms with E-state index in [0.717, 1.165) is 9.21 Å². The number of esters is 1. The molecule has 0 aliphatic heterocycles. The molecule has 2 heterocycles. The Balaban J connectivity index is 2.01. The lowest BCUT2D eigenvalue weighted by atomic mass is 10.3. The van der Waals surface area contributed by atoms with Crippen molar-refractivity contribution in [1.29, 1.82) is 0 Å². The number of hydrogen-bond acceptors (Lipinski definition) is 6. The van der Waals surface area contributed by atoms with Crippen molar-refractivity contribution in [3.63, 3.8) is 0 Å². The molecule has 5 nitrogen and oxygen atoms in total. The van der Waals surface area contributed by atoms with Gasteiger partial charge < -0.3 is 14.5 Å². The van der Waals surface area contributed by atoms with Gasteiger partial charge in [-0.3, -0.25) is 0 Å². The predicted molar refractivity (Wildman–Crippen MR) is 73.8 cm³/mol. The SMILES string of the molecule is CCOC(=O)c1coc(NC(C)c2ccc(Cl)s2)n1. The van der Waals surface area contributed by atoms with Crippen LogP contribution in [0.2, 0.25) is 4.34 Å². The number of thiophene rings is 1. The molecule has 0 aliphatic carbocycles. The van der Waals surface area contributed by atoms with Gasteiger partial charge in [-0.1, -0.05) is 11.6 Å². The lowest BCUT2D eigenvalue weighted by molar-refractivity contribution is 0.0519. The zero-order chi connectivity index (χ0) is 13.8. The van der Waals surface area contributed by atoms with Crippen molar-refractivity contribution >= 4 is 34.9 Å². The first-order valence-electron chi connectivity index (χ1n) is 5.74. The summed E-state index contributed by atoms with van der Waals surface area (Å²) in [4.78, 5) is 16.5. The molecular weight excluding hydrogens is 288 g/mol. The second-order valence-corrected chi connectivity index (χ2v) is 5.51. The fourth-order valence-electron chi connectivity index (χ4n) is 1.46. The molecule has 19 heavy (non-hydrogen) atoms. The van der Waals surface area contributed by atoms with Crippen LogP contribution in [0.15, 0.2) is 22.8 Å². The van der Waals surface area contributed by atoms with Crippen molar-refractivity contribution in [3.05, 3.63) is 33.3 Å². The number of hydrogen-bond donors (Lipinski definition) is 1. The van der Waals surface area contributed by atoms with Crippen LogP contribution in [-0.2, 0) is 4.74 Å². The van der Waals surface area contributed by atoms with E-state index in [2.05, 4.69) is 10.3 Å². The Morgan fingerprint density at radius 2 is 2.42 bits per heavy atom. The Kier molecular flexibility index (Phi) is 4.44. The number of carbonyl (C=O) groups is 1. The van der Waals surface area contributed by atoms with Gasteiger partial charge in [0.2, 0.25) is 0 Å². The van der Waals surface area contributed by atoms with Gasteiger partial charge in [0.1, 0.15) is 6.26 Å². The van der Waals surface area contributed by atoms with Gasteiger partial charge in [-0.15, -0.1) is 11.3 Å². The van der Waals surface area contributed by atoms with Gasteiger partial charge in [-0.25, -0.2) is 4.79 Å². The molecule has 0 aliphatic rings. The highest BCUT2D eigenvalue weighted by Crippen LogP contribution is 2.28. The molecule has 7 heteroatoms. The molecule has 1 atom stereocenters. The molecule has 102 valence electrons. The number of anilines is 1. The molecule has 0 fully saturated rings. The Labute approximate surface area is 119 Å². The topological polar surface area (TPSA) is 64.4 Å². The van der Waals surface area contributed by atoms with Crippen LogP contribution >= 0.6 is 22.9 Å². The highest BCUT2D eigenvalue weighted by molar-refractivity contribution is 7.16. The van der Waals surface area contributed by atoms with Crippen molar-refractivity contribution in [3.8, 4) is 0 Å². The third-order valence-corrected chi connectivity index (χ3v) is 3.76. The standard InChI is InChI=1S/C12H13ClN2O3S/c1-3-17-11(16)8-6-18-12(15-8)14-7(2)9-4-5-10(13)19-9/h4-7H,3H2,1-2H3,(H,14,15). The van der Waals surface area contributed by atoms with E-state index in [1.54, 1.807) is 6.92 Å². The summed E-state index contributed by atoms with van der Waals surface area (Å²) in [5, 5.41) is 3.06. The molecule has 0 spiro atoms. The van der Waals surface area contributed by atoms with Crippen molar-refractivity contribution in [2.24, 2.45) is 0 Å². The number of nitrogens with one attached hydrogen (secondary N) is 1. The maximum atomic E-state index is 11.4. The van der Waals surface area contributed by atoms with E-state index in [-0.39, 0.29) is 17.8 Å². The van der Waals surface area contributed by atoms with Crippen LogP contribution < -0.4 is 5.32 Å². The summed E-state index contributed by atoms with van der Waals surface area (Å²) in [6, 6.07) is 4.03. The minimum absolute atomic E-state index is 0.00815. The zero-order valence-corrected chi connectivity index (χ0v) is 12.0. The van der Waals surface area contributed by atoms with E-state index in [9.17, 15) is 4.79 Å². The van der Waals surface area contributed by atoms with Crippen LogP contribution in [-0.4, -0.2) is 17.6 Å². The molecule has 2 aromatic rings. The molecule has 1 unspecified atom stereocenters. The number of rotatable bonds is 5. The third kappa shape index (κ3) is 3.48. The smallest absolute Gasteiger partial charge is 0.360 e. The van der Waals surface area contributed by atoms with Crippen LogP contribution in [0.25, 0.3) is 0 Å². The third-order valence-electron chi connectivity index (χ3n) is 2.35. The fourth-order valence-corrected chi connectivity index (χ4v) is 2.52. The molecule has 0 radical (unpaired) electrons. The van der Waals surface area contributed by atoms with Crippen LogP contribution in [0.1, 0.15) is 35.3 Å². The van der Waals surface area contributed by atoms with E-state index < -0.39 is 5.97 Å². The molecule has 2 rings (SSSR count). The molecule has 0 amide bonds. The minimum atomic E-state index is -0.494. The normalized spacial score (nSPS) is 12.2. The van der Waals surface area contributed by atoms with E-state index in [0.29, 0.717) is 6.61 Å². The Morgan fingerprint density at radius 3 is 3.05 bits per heavy atom. The van der Waals surface area contributed by atoms with Gasteiger partial charge in [0, 0.05) is 4.88 Å². The summed E-state index contributed by atoms with van der Waals surface area (Å²) < 4.78 is 10.7. The lowest BCUT2D eigenvalue weighted by Gasteiger charge is -2.09. The minimum Gasteiger partial charge on any atom is -0.461 e. The van der Waals surface area contributed by atoms with Crippen LogP contribution in [0, 0.1) is 0 Å². The predicted octanol–water partition coefficient (Wildman–Crippen LogP) is 3.74. The second-order valence-electron chi connectivity index (χ2n) is 3.77. The van der Waals surface area contributed by atoms with Gasteiger partial charge in [0.15, 0.2) is 5.69 Å². The Bertz CT molecular complexity index is 567. The molecule has 0 saturated heterocycles. The summed E-state index contributed by atoms with van der Waals surface area (Å²) in [6.07, 6.45) is 1.27. The first kappa shape index (κ1) is 13.9. The van der Waals surface area contributed by atoms with Gasteiger partial charge in [0.05, 0.1) is 17.0 Å². The van der Waals surface area contributed by atoms with E-state index in [1.165, 1.54) is 17.6 Å². The fraction of sp³-hybridized carbons (Fsp3) is 0.333. The number of nitrogens with zero attached hydrogens (tertiary/aromatic N) is 1. The number of aromatic nitrogens is 1. The van der Waals surface area contributed by atoms with Gasteiger partial charge in [-0.2, -0.15) is 4.98 Å². The van der Waals surface area contributed by atoms with Crippen LogP contribution in [0.3, 0.4) is 0 Å². The maximum absolute atomic E-state index is 11.4. The Morgan fingerprint density at radius 1 is 1.63 bits per heavy atom. The van der Waals surface area contributed by atoms with Crippen molar-refractivity contribution < 1.29 is 13.9 Å². The monoisotopic (exact) mass is 300 g/mol. The zero-order valence-electron chi connectivity index (χ0n) is 10.5. The highest BCUT2D eigenvalue weighted by Gasteiger charge is 2.15. The van der Waals surface area contributed by atoms with Crippen molar-refractivity contribution in [1.82, 2.24) is 4.98 Å². The largest absolute Gasteiger partial charge is 0.461 e.